The molecule has 230 valence electrons. The van der Waals surface area contributed by atoms with E-state index in [-0.39, 0.29) is 28.6 Å². The van der Waals surface area contributed by atoms with E-state index in [0.717, 1.165) is 18.7 Å². The first-order valence-corrected chi connectivity index (χ1v) is 13.8. The summed E-state index contributed by atoms with van der Waals surface area (Å²) >= 11 is 5.50. The third-order valence-corrected chi connectivity index (χ3v) is 7.63. The molecule has 0 aromatic carbocycles. The molecule has 1 unspecified atom stereocenters. The van der Waals surface area contributed by atoms with Crippen molar-refractivity contribution >= 4 is 40.4 Å². The Kier molecular flexibility index (Phi) is 11.7. The van der Waals surface area contributed by atoms with E-state index in [2.05, 4.69) is 20.6 Å². The van der Waals surface area contributed by atoms with Gasteiger partial charge in [0.15, 0.2) is 6.04 Å². The summed E-state index contributed by atoms with van der Waals surface area (Å²) in [6.45, 7) is 9.41. The lowest BCUT2D eigenvalue weighted by molar-refractivity contribution is -0.143. The van der Waals surface area contributed by atoms with Gasteiger partial charge in [0.25, 0.3) is 18.2 Å². The average Bonchev–Trinajstić information content (AvgIpc) is 2.88. The van der Waals surface area contributed by atoms with Gasteiger partial charge in [0.05, 0.1) is 22.2 Å². The fourth-order valence-corrected chi connectivity index (χ4v) is 4.54. The molecule has 3 N–H and O–H groups in total. The van der Waals surface area contributed by atoms with Crippen LogP contribution in [0, 0.1) is 0 Å². The quantitative estimate of drug-likeness (QED) is 0.142. The predicted molar refractivity (Wildman–Crippen MR) is 150 cm³/mol. The summed E-state index contributed by atoms with van der Waals surface area (Å²) in [7, 11) is 0. The minimum absolute atomic E-state index is 0.174. The average molecular weight is 608 g/mol. The van der Waals surface area contributed by atoms with Crippen LogP contribution < -0.4 is 10.6 Å². The molecule has 1 aromatic heterocycles. The summed E-state index contributed by atoms with van der Waals surface area (Å²) in [6, 6.07) is -3.66. The van der Waals surface area contributed by atoms with E-state index >= 15 is 0 Å². The molecule has 0 radical (unpaired) electrons. The van der Waals surface area contributed by atoms with Crippen LogP contribution in [-0.4, -0.2) is 79.9 Å². The van der Waals surface area contributed by atoms with Crippen molar-refractivity contribution in [2.24, 2.45) is 4.99 Å². The number of pyridine rings is 1. The molecule has 1 aromatic rings. The number of piperidine rings is 1. The van der Waals surface area contributed by atoms with E-state index in [1.807, 2.05) is 6.92 Å². The van der Waals surface area contributed by atoms with Crippen LogP contribution in [-0.2, 0) is 9.59 Å². The van der Waals surface area contributed by atoms with Crippen LogP contribution in [0.3, 0.4) is 0 Å². The molecular weight excluding hydrogens is 569 g/mol. The normalized spacial score (nSPS) is 19.0. The van der Waals surface area contributed by atoms with Gasteiger partial charge < -0.3 is 20.6 Å². The lowest BCUT2D eigenvalue weighted by atomic mass is 9.98. The molecule has 14 heteroatoms. The molecule has 0 saturated carbocycles. The maximum Gasteiger partial charge on any atom is 0.408 e. The molecule has 41 heavy (non-hydrogen) atoms. The van der Waals surface area contributed by atoms with Crippen molar-refractivity contribution in [3.05, 3.63) is 23.4 Å². The number of hydrogen-bond donors (Lipinski definition) is 3. The van der Waals surface area contributed by atoms with Crippen LogP contribution in [0.2, 0.25) is 0 Å². The van der Waals surface area contributed by atoms with E-state index in [4.69, 9.17) is 12.2 Å². The number of alkyl halides is 5. The Morgan fingerprint density at radius 1 is 1.27 bits per heavy atom. The number of halogens is 5. The van der Waals surface area contributed by atoms with Gasteiger partial charge in [0.2, 0.25) is 0 Å². The Bertz CT molecular complexity index is 1140. The lowest BCUT2D eigenvalue weighted by Gasteiger charge is -2.35. The third kappa shape index (κ3) is 9.12. The van der Waals surface area contributed by atoms with Crippen LogP contribution in [0.25, 0.3) is 0 Å². The number of aromatic nitrogens is 1. The first kappa shape index (κ1) is 34.5. The smallest absolute Gasteiger partial charge is 0.388 e. The Morgan fingerprint density at radius 2 is 1.90 bits per heavy atom. The molecule has 4 atom stereocenters. The van der Waals surface area contributed by atoms with E-state index in [1.54, 1.807) is 6.92 Å². The predicted octanol–water partition coefficient (Wildman–Crippen LogP) is 5.00. The number of aliphatic hydroxyl groups is 1. The minimum Gasteiger partial charge on any atom is -0.388 e. The molecule has 2 rings (SSSR count). The van der Waals surface area contributed by atoms with Gasteiger partial charge in [-0.15, -0.1) is 0 Å². The molecule has 1 aliphatic heterocycles. The van der Waals surface area contributed by atoms with Gasteiger partial charge in [-0.1, -0.05) is 19.1 Å². The van der Waals surface area contributed by atoms with Crippen molar-refractivity contribution in [1.82, 2.24) is 15.2 Å². The molecule has 1 fully saturated rings. The molecule has 0 spiro atoms. The van der Waals surface area contributed by atoms with Crippen molar-refractivity contribution in [2.75, 3.05) is 11.9 Å². The summed E-state index contributed by atoms with van der Waals surface area (Å²) in [5.41, 5.74) is -2.49. The second-order valence-electron chi connectivity index (χ2n) is 10.8. The number of carbonyl (C=O) groups is 2. The lowest BCUT2D eigenvalue weighted by Crippen LogP contribution is -2.50. The van der Waals surface area contributed by atoms with Gasteiger partial charge in [0.1, 0.15) is 11.9 Å². The van der Waals surface area contributed by atoms with E-state index < -0.39 is 59.5 Å². The number of hydrogen-bond acceptors (Lipinski definition) is 7. The number of thiocarbonyl (C=S) groups is 1. The van der Waals surface area contributed by atoms with Gasteiger partial charge in [-0.3, -0.25) is 14.6 Å². The summed E-state index contributed by atoms with van der Waals surface area (Å²) in [5, 5.41) is 14.9. The van der Waals surface area contributed by atoms with Crippen molar-refractivity contribution in [3.8, 4) is 0 Å². The Hall–Kier alpha value is -2.74. The number of nitrogens with zero attached hydrogens (tertiary/aromatic N) is 3. The standard InChI is InChI=1S/C27H38F5N5O3S/c1-7-19(27(30,31)32)36-20-12-17(23(28)29)18(13-33-20)22(41)21(25(39)37-11-9-8-10-14(37)2)34-15(3)24(38)35-16(4)26(5,6)40/h12-14,16,19,21,23,40H,7-11H2,1-6H3,(H,33,36)(H,35,38)/t14-,16+,19-,21?/m0/s1. The zero-order valence-electron chi connectivity index (χ0n) is 24.0. The first-order valence-electron chi connectivity index (χ1n) is 13.4. The molecule has 0 aliphatic carbocycles. The third-order valence-electron chi connectivity index (χ3n) is 7.19. The summed E-state index contributed by atoms with van der Waals surface area (Å²) < 4.78 is 68.1. The number of rotatable bonds is 11. The highest BCUT2D eigenvalue weighted by Crippen LogP contribution is 2.30. The van der Waals surface area contributed by atoms with Gasteiger partial charge >= 0.3 is 6.18 Å². The second kappa shape index (κ2) is 14.0. The highest BCUT2D eigenvalue weighted by atomic mass is 32.1. The van der Waals surface area contributed by atoms with Crippen molar-refractivity contribution < 1.29 is 36.6 Å². The Morgan fingerprint density at radius 3 is 2.41 bits per heavy atom. The largest absolute Gasteiger partial charge is 0.408 e. The second-order valence-corrected chi connectivity index (χ2v) is 11.3. The Labute approximate surface area is 242 Å². The monoisotopic (exact) mass is 607 g/mol. The fourth-order valence-electron chi connectivity index (χ4n) is 4.22. The number of anilines is 1. The number of amides is 2. The maximum atomic E-state index is 14.2. The van der Waals surface area contributed by atoms with E-state index in [9.17, 15) is 36.6 Å². The summed E-state index contributed by atoms with van der Waals surface area (Å²) in [6.07, 6.45) is -4.94. The highest BCUT2D eigenvalue weighted by Gasteiger charge is 2.39. The van der Waals surface area contributed by atoms with Gasteiger partial charge in [-0.05, 0) is 66.4 Å². The fraction of sp³-hybridized carbons (Fsp3) is 0.667. The molecular formula is C27H38F5N5O3S. The van der Waals surface area contributed by atoms with Crippen LogP contribution in [0.4, 0.5) is 27.8 Å². The minimum atomic E-state index is -4.63. The van der Waals surface area contributed by atoms with Gasteiger partial charge in [-0.25, -0.2) is 13.8 Å². The molecule has 2 heterocycles. The number of nitrogens with one attached hydrogen (secondary N) is 2. The highest BCUT2D eigenvalue weighted by molar-refractivity contribution is 7.81. The van der Waals surface area contributed by atoms with Gasteiger partial charge in [0, 0.05) is 29.9 Å². The molecule has 8 nitrogen and oxygen atoms in total. The SMILES string of the molecule is CC[C@H](Nc1cc(C(F)F)c(C(=S)C(N=C(C)C(=O)N[C@H](C)C(C)(C)O)C(=O)N2CCCC[C@@H]2C)cn1)C(F)(F)F. The zero-order valence-corrected chi connectivity index (χ0v) is 24.8. The zero-order chi connectivity index (χ0) is 31.3. The maximum absolute atomic E-state index is 14.2. The first-order chi connectivity index (χ1) is 18.9. The summed E-state index contributed by atoms with van der Waals surface area (Å²) in [5.74, 6) is -1.71. The number of aliphatic imine (C=N–C) groups is 1. The van der Waals surface area contributed by atoms with Crippen LogP contribution in [0.1, 0.15) is 84.8 Å². The number of carbonyl (C=O) groups excluding carboxylic acids is 2. The summed E-state index contributed by atoms with van der Waals surface area (Å²) in [4.78, 5) is 35.9. The van der Waals surface area contributed by atoms with E-state index in [0.29, 0.717) is 19.4 Å². The van der Waals surface area contributed by atoms with Gasteiger partial charge in [-0.2, -0.15) is 13.2 Å². The molecule has 2 amide bonds. The van der Waals surface area contributed by atoms with Crippen molar-refractivity contribution in [2.45, 2.75) is 110 Å². The van der Waals surface area contributed by atoms with Crippen LogP contribution in [0.5, 0.6) is 0 Å². The number of likely N-dealkylation sites (tertiary alicyclic amines) is 1. The van der Waals surface area contributed by atoms with Crippen LogP contribution >= 0.6 is 12.2 Å². The van der Waals surface area contributed by atoms with Crippen LogP contribution in [0.15, 0.2) is 17.3 Å². The molecule has 1 saturated heterocycles. The van der Waals surface area contributed by atoms with E-state index in [1.165, 1.54) is 32.6 Å². The molecule has 1 aliphatic rings. The van der Waals surface area contributed by atoms with Crippen molar-refractivity contribution in [3.63, 3.8) is 0 Å². The van der Waals surface area contributed by atoms with Crippen molar-refractivity contribution in [1.29, 1.82) is 0 Å². The Balaban J connectivity index is 2.54. The topological polar surface area (TPSA) is 107 Å². The molecule has 0 bridgehead atoms.